The van der Waals surface area contributed by atoms with Crippen LogP contribution in [-0.2, 0) is 11.2 Å². The van der Waals surface area contributed by atoms with E-state index in [4.69, 9.17) is 5.11 Å². The number of nitrogens with one attached hydrogen (secondary N) is 2. The summed E-state index contributed by atoms with van der Waals surface area (Å²) < 4.78 is 0. The van der Waals surface area contributed by atoms with Crippen LogP contribution < -0.4 is 10.6 Å². The molecule has 0 aromatic heterocycles. The lowest BCUT2D eigenvalue weighted by atomic mass is 10.0. The molecule has 3 N–H and O–H groups in total. The Kier molecular flexibility index (Phi) is 7.52. The van der Waals surface area contributed by atoms with Crippen molar-refractivity contribution >= 4 is 17.7 Å². The predicted octanol–water partition coefficient (Wildman–Crippen LogP) is 2.08. The van der Waals surface area contributed by atoms with Crippen LogP contribution in [0.3, 0.4) is 0 Å². The molecule has 0 radical (unpaired) electrons. The SMILES string of the molecule is CCCCCNC(=O)[C@H](Cc1ccc([N+](=O)[O-])cc1)NC(=O)O. The van der Waals surface area contributed by atoms with Gasteiger partial charge in [0.25, 0.3) is 5.69 Å². The van der Waals surface area contributed by atoms with Crippen LogP contribution in [0.25, 0.3) is 0 Å². The maximum Gasteiger partial charge on any atom is 0.405 e. The van der Waals surface area contributed by atoms with Crippen LogP contribution in [0.2, 0.25) is 0 Å². The van der Waals surface area contributed by atoms with Crippen LogP contribution in [-0.4, -0.2) is 34.6 Å². The van der Waals surface area contributed by atoms with Gasteiger partial charge < -0.3 is 15.7 Å². The number of unbranched alkanes of at least 4 members (excludes halogenated alkanes) is 2. The number of rotatable bonds is 9. The zero-order valence-corrected chi connectivity index (χ0v) is 12.9. The Balaban J connectivity index is 2.67. The highest BCUT2D eigenvalue weighted by Crippen LogP contribution is 2.13. The zero-order valence-electron chi connectivity index (χ0n) is 12.9. The molecule has 0 aliphatic carbocycles. The van der Waals surface area contributed by atoms with E-state index >= 15 is 0 Å². The summed E-state index contributed by atoms with van der Waals surface area (Å²) in [5.41, 5.74) is 0.582. The molecule has 0 spiro atoms. The molecule has 0 bridgehead atoms. The lowest BCUT2D eigenvalue weighted by Gasteiger charge is -2.16. The number of nitrogens with zero attached hydrogens (tertiary/aromatic N) is 1. The van der Waals surface area contributed by atoms with E-state index in [1.807, 2.05) is 6.92 Å². The molecule has 0 aliphatic rings. The van der Waals surface area contributed by atoms with Gasteiger partial charge in [0.15, 0.2) is 0 Å². The van der Waals surface area contributed by atoms with Crippen LogP contribution >= 0.6 is 0 Å². The Hall–Kier alpha value is -2.64. The zero-order chi connectivity index (χ0) is 17.2. The summed E-state index contributed by atoms with van der Waals surface area (Å²) in [5.74, 6) is -0.401. The van der Waals surface area contributed by atoms with Gasteiger partial charge in [-0.1, -0.05) is 31.9 Å². The fourth-order valence-electron chi connectivity index (χ4n) is 2.06. The standard InChI is InChI=1S/C15H21N3O5/c1-2-3-4-9-16-14(19)13(17-15(20)21)10-11-5-7-12(8-6-11)18(22)23/h5-8,13,17H,2-4,9-10H2,1H3,(H,16,19)(H,20,21)/t13-/m0/s1. The van der Waals surface area contributed by atoms with Crippen molar-refractivity contribution in [1.29, 1.82) is 0 Å². The normalized spacial score (nSPS) is 11.5. The van der Waals surface area contributed by atoms with Crippen molar-refractivity contribution in [2.45, 2.75) is 38.6 Å². The second-order valence-corrected chi connectivity index (χ2v) is 5.13. The molecule has 8 heteroatoms. The average Bonchev–Trinajstić information content (AvgIpc) is 2.50. The van der Waals surface area contributed by atoms with E-state index in [9.17, 15) is 19.7 Å². The van der Waals surface area contributed by atoms with Crippen molar-refractivity contribution in [3.05, 3.63) is 39.9 Å². The molecule has 1 aromatic carbocycles. The van der Waals surface area contributed by atoms with Crippen molar-refractivity contribution in [3.63, 3.8) is 0 Å². The highest BCUT2D eigenvalue weighted by atomic mass is 16.6. The topological polar surface area (TPSA) is 122 Å². The third-order valence-corrected chi connectivity index (χ3v) is 3.28. The van der Waals surface area contributed by atoms with Crippen molar-refractivity contribution in [2.75, 3.05) is 6.54 Å². The van der Waals surface area contributed by atoms with Crippen LogP contribution in [0, 0.1) is 10.1 Å². The monoisotopic (exact) mass is 323 g/mol. The number of benzene rings is 1. The van der Waals surface area contributed by atoms with Gasteiger partial charge in [0.1, 0.15) is 6.04 Å². The molecule has 8 nitrogen and oxygen atoms in total. The van der Waals surface area contributed by atoms with Crippen LogP contribution in [0.5, 0.6) is 0 Å². The molecule has 1 rings (SSSR count). The molecular formula is C15H21N3O5. The Labute approximate surface area is 134 Å². The maximum absolute atomic E-state index is 12.1. The maximum atomic E-state index is 12.1. The van der Waals surface area contributed by atoms with Crippen molar-refractivity contribution in [3.8, 4) is 0 Å². The van der Waals surface area contributed by atoms with E-state index in [1.54, 1.807) is 0 Å². The molecular weight excluding hydrogens is 302 g/mol. The van der Waals surface area contributed by atoms with Crippen LogP contribution in [0.1, 0.15) is 31.7 Å². The number of hydrogen-bond donors (Lipinski definition) is 3. The molecule has 2 amide bonds. The Morgan fingerprint density at radius 2 is 1.91 bits per heavy atom. The second kappa shape index (κ2) is 9.39. The number of carbonyl (C=O) groups excluding carboxylic acids is 1. The Morgan fingerprint density at radius 3 is 2.43 bits per heavy atom. The molecule has 1 atom stereocenters. The van der Waals surface area contributed by atoms with E-state index in [-0.39, 0.29) is 12.1 Å². The Morgan fingerprint density at radius 1 is 1.26 bits per heavy atom. The summed E-state index contributed by atoms with van der Waals surface area (Å²) in [5, 5.41) is 24.3. The summed E-state index contributed by atoms with van der Waals surface area (Å²) in [6.45, 7) is 2.54. The molecule has 0 saturated carbocycles. The Bertz CT molecular complexity index is 545. The van der Waals surface area contributed by atoms with Gasteiger partial charge in [-0.2, -0.15) is 0 Å². The summed E-state index contributed by atoms with van der Waals surface area (Å²) in [4.78, 5) is 33.0. The quantitative estimate of drug-likeness (QED) is 0.365. The average molecular weight is 323 g/mol. The van der Waals surface area contributed by atoms with E-state index in [2.05, 4.69) is 10.6 Å². The third kappa shape index (κ3) is 6.77. The minimum absolute atomic E-state index is 0.0551. The molecule has 1 aromatic rings. The van der Waals surface area contributed by atoms with Gasteiger partial charge in [0.2, 0.25) is 5.91 Å². The van der Waals surface area contributed by atoms with Crippen LogP contribution in [0.4, 0.5) is 10.5 Å². The number of nitro benzene ring substituents is 1. The summed E-state index contributed by atoms with van der Waals surface area (Å²) in [6.07, 6.45) is 1.68. The molecule has 0 saturated heterocycles. The first kappa shape index (κ1) is 18.4. The first-order valence-corrected chi connectivity index (χ1v) is 7.44. The highest BCUT2D eigenvalue weighted by molar-refractivity contribution is 5.85. The molecule has 23 heavy (non-hydrogen) atoms. The van der Waals surface area contributed by atoms with E-state index < -0.39 is 23.0 Å². The van der Waals surface area contributed by atoms with E-state index in [0.29, 0.717) is 12.1 Å². The first-order valence-electron chi connectivity index (χ1n) is 7.44. The van der Waals surface area contributed by atoms with Crippen molar-refractivity contribution in [2.24, 2.45) is 0 Å². The van der Waals surface area contributed by atoms with Gasteiger partial charge in [-0.05, 0) is 12.0 Å². The molecule has 0 aliphatic heterocycles. The molecule has 126 valence electrons. The van der Waals surface area contributed by atoms with Gasteiger partial charge >= 0.3 is 6.09 Å². The fraction of sp³-hybridized carbons (Fsp3) is 0.467. The van der Waals surface area contributed by atoms with Gasteiger partial charge in [0, 0.05) is 25.1 Å². The number of non-ortho nitro benzene ring substituents is 1. The van der Waals surface area contributed by atoms with Crippen molar-refractivity contribution < 1.29 is 19.6 Å². The number of hydrogen-bond acceptors (Lipinski definition) is 4. The second-order valence-electron chi connectivity index (χ2n) is 5.13. The minimum Gasteiger partial charge on any atom is -0.465 e. The van der Waals surface area contributed by atoms with Gasteiger partial charge in [0.05, 0.1) is 4.92 Å². The van der Waals surface area contributed by atoms with E-state index in [0.717, 1.165) is 19.3 Å². The van der Waals surface area contributed by atoms with Gasteiger partial charge in [-0.15, -0.1) is 0 Å². The smallest absolute Gasteiger partial charge is 0.405 e. The number of carbonyl (C=O) groups is 2. The molecule has 0 unspecified atom stereocenters. The lowest BCUT2D eigenvalue weighted by molar-refractivity contribution is -0.384. The van der Waals surface area contributed by atoms with E-state index in [1.165, 1.54) is 24.3 Å². The number of amides is 2. The van der Waals surface area contributed by atoms with Crippen molar-refractivity contribution in [1.82, 2.24) is 10.6 Å². The highest BCUT2D eigenvalue weighted by Gasteiger charge is 2.21. The predicted molar refractivity (Wildman–Crippen MR) is 84.3 cm³/mol. The first-order chi connectivity index (χ1) is 10.9. The molecule has 0 fully saturated rings. The minimum atomic E-state index is -1.29. The largest absolute Gasteiger partial charge is 0.465 e. The number of carboxylic acid groups (broad SMARTS) is 1. The van der Waals surface area contributed by atoms with Crippen LogP contribution in [0.15, 0.2) is 24.3 Å². The summed E-state index contributed by atoms with van der Waals surface area (Å²) in [7, 11) is 0. The number of nitro groups is 1. The van der Waals surface area contributed by atoms with Gasteiger partial charge in [-0.25, -0.2) is 4.79 Å². The lowest BCUT2D eigenvalue weighted by Crippen LogP contribution is -2.47. The van der Waals surface area contributed by atoms with Gasteiger partial charge in [-0.3, -0.25) is 14.9 Å². The summed E-state index contributed by atoms with van der Waals surface area (Å²) in [6, 6.07) is 4.74. The fourth-order valence-corrected chi connectivity index (χ4v) is 2.06. The molecule has 0 heterocycles. The third-order valence-electron chi connectivity index (χ3n) is 3.28. The summed E-state index contributed by atoms with van der Waals surface area (Å²) >= 11 is 0.